The van der Waals surface area contributed by atoms with Crippen molar-refractivity contribution in [2.24, 2.45) is 11.8 Å². The predicted octanol–water partition coefficient (Wildman–Crippen LogP) is 24.0. The first-order valence-electron chi connectivity index (χ1n) is 33.2. The molecule has 448 valence electrons. The highest BCUT2D eigenvalue weighted by Gasteiger charge is 2.49. The number of aryl methyl sites for hydroxylation is 2. The Kier molecular flexibility index (Phi) is 20.2. The maximum Gasteiger partial charge on any atom is 0.261 e. The van der Waals surface area contributed by atoms with Crippen molar-refractivity contribution >= 4 is 121 Å². The molecule has 4 nitrogen and oxygen atoms in total. The molecule has 0 aliphatic carbocycles. The Morgan fingerprint density at radius 1 is 0.429 bits per heavy atom. The van der Waals surface area contributed by atoms with Gasteiger partial charge in [0.05, 0.1) is 32.3 Å². The smallest absolute Gasteiger partial charge is 0.261 e. The number of thiophene rings is 4. The van der Waals surface area contributed by atoms with E-state index < -0.39 is 0 Å². The number of hydrogen-bond donors (Lipinski definition) is 0. The van der Waals surface area contributed by atoms with Crippen molar-refractivity contribution < 1.29 is 9.59 Å². The van der Waals surface area contributed by atoms with Crippen LogP contribution in [0.15, 0.2) is 83.9 Å². The second-order valence-corrected chi connectivity index (χ2v) is 31.4. The Hall–Kier alpha value is -4.60. The van der Waals surface area contributed by atoms with Crippen LogP contribution in [0.25, 0.3) is 73.6 Å². The summed E-state index contributed by atoms with van der Waals surface area (Å²) < 4.78 is 2.73. The second kappa shape index (κ2) is 27.2. The van der Waals surface area contributed by atoms with E-state index in [9.17, 15) is 0 Å². The van der Waals surface area contributed by atoms with E-state index in [-0.39, 0.29) is 22.6 Å². The highest BCUT2D eigenvalue weighted by molar-refractivity contribution is 7.26. The first-order valence-corrected chi connectivity index (χ1v) is 36.4. The minimum Gasteiger partial charge on any atom is -0.306 e. The van der Waals surface area contributed by atoms with Gasteiger partial charge in [-0.25, -0.2) is 0 Å². The average Bonchev–Trinajstić information content (AvgIpc) is 1.65. The van der Waals surface area contributed by atoms with Gasteiger partial charge in [0, 0.05) is 52.8 Å². The summed E-state index contributed by atoms with van der Waals surface area (Å²) in [7, 11) is 0. The van der Waals surface area contributed by atoms with Gasteiger partial charge in [0.2, 0.25) is 0 Å². The summed E-state index contributed by atoms with van der Waals surface area (Å²) in [6.45, 7) is 29.2. The number of rotatable bonds is 31. The SMILES string of the molecule is CCCCCCCCC(C)CN1C(=O)C2=C(c3ccc(C(C)(C)CCCC(C)C)s3)N(CCC)C(=O)C2=C1c1ccc(-c2cc3c(ccc4c5cc(CCCC)c6c7cc(C(C)(C)CCCCCC)sc7ccc6c5cc(CCCC)c34)s2)s1. The van der Waals surface area contributed by atoms with E-state index in [2.05, 4.69) is 156 Å². The van der Waals surface area contributed by atoms with Crippen molar-refractivity contribution in [1.82, 2.24) is 9.80 Å². The van der Waals surface area contributed by atoms with Crippen molar-refractivity contribution in [3.05, 3.63) is 115 Å². The van der Waals surface area contributed by atoms with Crippen molar-refractivity contribution in [3.63, 3.8) is 0 Å². The van der Waals surface area contributed by atoms with Gasteiger partial charge in [-0.2, -0.15) is 0 Å². The van der Waals surface area contributed by atoms with E-state index in [1.165, 1.54) is 173 Å². The monoisotopic (exact) mass is 1200 g/mol. The van der Waals surface area contributed by atoms with Gasteiger partial charge in [-0.05, 0) is 178 Å². The van der Waals surface area contributed by atoms with Crippen molar-refractivity contribution in [1.29, 1.82) is 0 Å². The van der Waals surface area contributed by atoms with E-state index in [0.717, 1.165) is 72.5 Å². The number of benzene rings is 4. The molecule has 2 amide bonds. The van der Waals surface area contributed by atoms with Crippen LogP contribution in [-0.2, 0) is 33.3 Å². The molecule has 6 heterocycles. The molecule has 4 aromatic heterocycles. The molecule has 0 saturated heterocycles. The molecule has 0 saturated carbocycles. The molecule has 84 heavy (non-hydrogen) atoms. The number of nitrogens with zero attached hydrogens (tertiary/aromatic N) is 2. The van der Waals surface area contributed by atoms with Gasteiger partial charge >= 0.3 is 0 Å². The van der Waals surface area contributed by atoms with Gasteiger partial charge in [0.25, 0.3) is 11.8 Å². The minimum atomic E-state index is -0.0234. The molecule has 0 N–H and O–H groups in total. The molecule has 0 fully saturated rings. The molecule has 4 aromatic carbocycles. The van der Waals surface area contributed by atoms with Gasteiger partial charge in [-0.3, -0.25) is 9.59 Å². The van der Waals surface area contributed by atoms with E-state index in [1.54, 1.807) is 22.7 Å². The first-order chi connectivity index (χ1) is 40.5. The zero-order valence-electron chi connectivity index (χ0n) is 53.4. The number of carbonyl (C=O) groups is 2. The zero-order chi connectivity index (χ0) is 59.5. The Morgan fingerprint density at radius 3 is 1.58 bits per heavy atom. The maximum absolute atomic E-state index is 15.5. The third-order valence-electron chi connectivity index (χ3n) is 18.8. The quantitative estimate of drug-likeness (QED) is 0.0321. The van der Waals surface area contributed by atoms with Crippen LogP contribution in [0, 0.1) is 11.8 Å². The summed E-state index contributed by atoms with van der Waals surface area (Å²) in [5.74, 6) is 0.940. The number of fused-ring (bicyclic) bond motifs is 10. The van der Waals surface area contributed by atoms with Crippen LogP contribution in [0.4, 0.5) is 0 Å². The normalized spacial score (nSPS) is 14.8. The summed E-state index contributed by atoms with van der Waals surface area (Å²) in [6, 6.07) is 29.0. The van der Waals surface area contributed by atoms with Crippen molar-refractivity contribution in [2.75, 3.05) is 13.1 Å². The van der Waals surface area contributed by atoms with Gasteiger partial charge < -0.3 is 9.80 Å². The van der Waals surface area contributed by atoms with Gasteiger partial charge in [0.1, 0.15) is 0 Å². The van der Waals surface area contributed by atoms with E-state index >= 15 is 9.59 Å². The van der Waals surface area contributed by atoms with Crippen molar-refractivity contribution in [3.8, 4) is 9.75 Å². The van der Waals surface area contributed by atoms with Crippen LogP contribution in [0.1, 0.15) is 242 Å². The highest BCUT2D eigenvalue weighted by atomic mass is 32.1. The van der Waals surface area contributed by atoms with E-state index in [4.69, 9.17) is 0 Å². The molecule has 8 heteroatoms. The molecular weight excluding hydrogens is 1100 g/mol. The third kappa shape index (κ3) is 12.7. The lowest BCUT2D eigenvalue weighted by atomic mass is 9.84. The second-order valence-electron chi connectivity index (χ2n) is 27.1. The molecule has 8 aromatic rings. The molecule has 0 radical (unpaired) electrons. The fourth-order valence-electron chi connectivity index (χ4n) is 13.9. The standard InChI is InChI=1S/C76H98N2O2S4/c1-13-18-22-24-25-26-30-50(8)48-78-72(70-69(74(78)80)71(77(43-17-5)73(70)79)63-39-40-65(84-63)75(9,10)42-28-29-49(6)7)62-38-37-61(82-62)64-46-57-59(81-64)35-33-53-55-45-52(32-21-16-4)68-54(56(55)44-51(67(53)57)31-20-15-3)34-36-60-58(68)47-66(83-60)76(11,12)41-27-23-19-14-2/h33-40,44-47,49-50H,13-32,41-43,48H2,1-12H3. The third-order valence-corrected chi connectivity index (χ3v) is 24.1. The van der Waals surface area contributed by atoms with Crippen LogP contribution in [0.2, 0.25) is 0 Å². The van der Waals surface area contributed by atoms with Gasteiger partial charge in [-0.15, -0.1) is 45.3 Å². The molecule has 2 aliphatic heterocycles. The molecule has 10 rings (SSSR count). The molecule has 0 bridgehead atoms. The van der Waals surface area contributed by atoms with Crippen LogP contribution in [-0.4, -0.2) is 34.7 Å². The highest BCUT2D eigenvalue weighted by Crippen LogP contribution is 2.52. The Balaban J connectivity index is 1.07. The van der Waals surface area contributed by atoms with E-state index in [1.807, 2.05) is 32.5 Å². The molecule has 0 spiro atoms. The summed E-state index contributed by atoms with van der Waals surface area (Å²) in [5.41, 5.74) is 5.95. The van der Waals surface area contributed by atoms with E-state index in [0.29, 0.717) is 36.1 Å². The topological polar surface area (TPSA) is 40.6 Å². The lowest BCUT2D eigenvalue weighted by Gasteiger charge is -2.26. The molecule has 2 aliphatic rings. The molecular formula is C76H98N2O2S4. The van der Waals surface area contributed by atoms with Crippen LogP contribution >= 0.6 is 45.3 Å². The van der Waals surface area contributed by atoms with Gasteiger partial charge in [0.15, 0.2) is 0 Å². The largest absolute Gasteiger partial charge is 0.306 e. The molecule has 1 atom stereocenters. The Labute approximate surface area is 521 Å². The Morgan fingerprint density at radius 2 is 0.952 bits per heavy atom. The maximum atomic E-state index is 15.5. The fraction of sp³-hybridized carbons (Fsp3) is 0.526. The Bertz CT molecular complexity index is 3720. The number of amides is 2. The summed E-state index contributed by atoms with van der Waals surface area (Å²) >= 11 is 7.45. The van der Waals surface area contributed by atoms with Crippen LogP contribution < -0.4 is 0 Å². The number of hydrogen-bond acceptors (Lipinski definition) is 6. The van der Waals surface area contributed by atoms with Gasteiger partial charge in [-0.1, -0.05) is 185 Å². The zero-order valence-corrected chi connectivity index (χ0v) is 56.7. The van der Waals surface area contributed by atoms with Crippen molar-refractivity contribution in [2.45, 2.75) is 235 Å². The predicted molar refractivity (Wildman–Crippen MR) is 373 cm³/mol. The number of unbranched alkanes of at least 4 members (excludes halogenated alkanes) is 10. The van der Waals surface area contributed by atoms with Crippen LogP contribution in [0.3, 0.4) is 0 Å². The van der Waals surface area contributed by atoms with Crippen LogP contribution in [0.5, 0.6) is 0 Å². The average molecular weight is 1200 g/mol. The number of carbonyl (C=O) groups excluding carboxylic acids is 2. The fourth-order valence-corrected chi connectivity index (χ4v) is 18.5. The summed E-state index contributed by atoms with van der Waals surface area (Å²) in [6.07, 6.45) is 26.0. The lowest BCUT2D eigenvalue weighted by Crippen LogP contribution is -2.32. The summed E-state index contributed by atoms with van der Waals surface area (Å²) in [5, 5.41) is 11.2. The molecule has 1 unspecified atom stereocenters. The minimum absolute atomic E-state index is 0.000471. The lowest BCUT2D eigenvalue weighted by molar-refractivity contribution is -0.124. The first kappa shape index (κ1) is 62.5. The summed E-state index contributed by atoms with van der Waals surface area (Å²) in [4.78, 5) is 42.1.